The number of piperidine rings is 1. The van der Waals surface area contributed by atoms with Crippen LogP contribution in [-0.4, -0.2) is 29.0 Å². The summed E-state index contributed by atoms with van der Waals surface area (Å²) in [6.07, 6.45) is -1.19. The summed E-state index contributed by atoms with van der Waals surface area (Å²) >= 11 is 0.725. The van der Waals surface area contributed by atoms with Gasteiger partial charge in [0, 0.05) is 23.7 Å². The van der Waals surface area contributed by atoms with Crippen molar-refractivity contribution in [2.45, 2.75) is 31.6 Å². The molecule has 0 unspecified atom stereocenters. The first-order valence-electron chi connectivity index (χ1n) is 5.45. The van der Waals surface area contributed by atoms with Gasteiger partial charge in [-0.05, 0) is 25.9 Å². The molecule has 1 fully saturated rings. The second kappa shape index (κ2) is 6.18. The number of aromatic nitrogens is 1. The van der Waals surface area contributed by atoms with Crippen molar-refractivity contribution in [3.63, 3.8) is 0 Å². The van der Waals surface area contributed by atoms with Gasteiger partial charge in [-0.25, -0.2) is 4.98 Å². The lowest BCUT2D eigenvalue weighted by molar-refractivity contribution is -0.137. The maximum Gasteiger partial charge on any atom is 0.443 e. The lowest BCUT2D eigenvalue weighted by Crippen LogP contribution is -2.39. The van der Waals surface area contributed by atoms with Crippen molar-refractivity contribution in [3.8, 4) is 0 Å². The van der Waals surface area contributed by atoms with Gasteiger partial charge in [0.2, 0.25) is 0 Å². The molecule has 8 heteroatoms. The molecule has 0 radical (unpaired) electrons. The molecule has 0 saturated carbocycles. The van der Waals surface area contributed by atoms with Crippen molar-refractivity contribution in [2.75, 3.05) is 13.1 Å². The van der Waals surface area contributed by atoms with Gasteiger partial charge in [-0.1, -0.05) is 0 Å². The monoisotopic (exact) mass is 301 g/mol. The average molecular weight is 302 g/mol. The Morgan fingerprint density at radius 1 is 1.39 bits per heavy atom. The highest BCUT2D eigenvalue weighted by atomic mass is 35.5. The van der Waals surface area contributed by atoms with Gasteiger partial charge in [0.1, 0.15) is 0 Å². The minimum atomic E-state index is -4.33. The number of likely N-dealkylation sites (tertiary alicyclic amines) is 1. The summed E-state index contributed by atoms with van der Waals surface area (Å²) in [7, 11) is 0. The van der Waals surface area contributed by atoms with Crippen LogP contribution in [0.4, 0.5) is 13.2 Å². The molecule has 0 bridgehead atoms. The third-order valence-electron chi connectivity index (χ3n) is 2.81. The number of hydrogen-bond donors (Lipinski definition) is 1. The number of thiazole rings is 1. The van der Waals surface area contributed by atoms with Gasteiger partial charge >= 0.3 is 6.18 Å². The second-order valence-electron chi connectivity index (χ2n) is 4.24. The summed E-state index contributed by atoms with van der Waals surface area (Å²) in [6.45, 7) is 2.24. The van der Waals surface area contributed by atoms with Gasteiger partial charge in [-0.3, -0.25) is 4.90 Å². The van der Waals surface area contributed by atoms with Crippen molar-refractivity contribution in [1.29, 1.82) is 0 Å². The summed E-state index contributed by atoms with van der Waals surface area (Å²) in [6, 6.07) is 0.235. The maximum absolute atomic E-state index is 12.3. The molecule has 1 aliphatic rings. The molecular formula is C10H15ClF3N3S. The highest BCUT2D eigenvalue weighted by Crippen LogP contribution is 2.32. The summed E-state index contributed by atoms with van der Waals surface area (Å²) in [5, 5.41) is -0.763. The van der Waals surface area contributed by atoms with Crippen LogP contribution >= 0.6 is 23.7 Å². The quantitative estimate of drug-likeness (QED) is 0.912. The van der Waals surface area contributed by atoms with Gasteiger partial charge in [-0.2, -0.15) is 13.2 Å². The lowest BCUT2D eigenvalue weighted by Gasteiger charge is -2.29. The molecule has 2 rings (SSSR count). The zero-order chi connectivity index (χ0) is 12.5. The fourth-order valence-corrected chi connectivity index (χ4v) is 2.67. The maximum atomic E-state index is 12.3. The Bertz CT molecular complexity index is 375. The number of nitrogens with two attached hydrogens (primary N) is 1. The molecule has 0 aliphatic carbocycles. The summed E-state index contributed by atoms with van der Waals surface area (Å²) in [4.78, 5) is 6.19. The first-order valence-corrected chi connectivity index (χ1v) is 6.26. The van der Waals surface area contributed by atoms with Gasteiger partial charge in [0.05, 0.1) is 0 Å². The molecule has 0 aromatic carbocycles. The van der Waals surface area contributed by atoms with Crippen LogP contribution in [0.25, 0.3) is 0 Å². The Balaban J connectivity index is 0.00000162. The molecular weight excluding hydrogens is 287 g/mol. The predicted molar refractivity (Wildman–Crippen MR) is 66.9 cm³/mol. The number of rotatable bonds is 2. The molecule has 1 aliphatic heterocycles. The molecule has 3 nitrogen and oxygen atoms in total. The minimum Gasteiger partial charge on any atom is -0.328 e. The van der Waals surface area contributed by atoms with Crippen molar-refractivity contribution in [1.82, 2.24) is 9.88 Å². The Labute approximate surface area is 114 Å². The van der Waals surface area contributed by atoms with E-state index in [2.05, 4.69) is 9.88 Å². The van der Waals surface area contributed by atoms with Crippen LogP contribution in [0.5, 0.6) is 0 Å². The molecule has 0 amide bonds. The zero-order valence-electron chi connectivity index (χ0n) is 9.61. The predicted octanol–water partition coefficient (Wildman–Crippen LogP) is 2.51. The van der Waals surface area contributed by atoms with Crippen LogP contribution in [0.1, 0.15) is 22.7 Å². The fraction of sp³-hybridized carbons (Fsp3) is 0.700. The van der Waals surface area contributed by atoms with Crippen LogP contribution in [0.3, 0.4) is 0 Å². The van der Waals surface area contributed by atoms with Gasteiger partial charge < -0.3 is 5.73 Å². The first-order chi connectivity index (χ1) is 7.95. The third kappa shape index (κ3) is 4.08. The van der Waals surface area contributed by atoms with Crippen LogP contribution in [0, 0.1) is 0 Å². The third-order valence-corrected chi connectivity index (χ3v) is 3.83. The van der Waals surface area contributed by atoms with Crippen LogP contribution in [0.2, 0.25) is 0 Å². The van der Waals surface area contributed by atoms with Crippen LogP contribution in [0.15, 0.2) is 6.20 Å². The molecule has 1 aromatic heterocycles. The number of nitrogens with zero attached hydrogens (tertiary/aromatic N) is 2. The topological polar surface area (TPSA) is 42.1 Å². The zero-order valence-corrected chi connectivity index (χ0v) is 11.2. The van der Waals surface area contributed by atoms with E-state index in [1.807, 2.05) is 0 Å². The molecule has 104 valence electrons. The summed E-state index contributed by atoms with van der Waals surface area (Å²) in [5.41, 5.74) is 5.77. The second-order valence-corrected chi connectivity index (χ2v) is 5.36. The molecule has 2 N–H and O–H groups in total. The van der Waals surface area contributed by atoms with Gasteiger partial charge in [0.25, 0.3) is 0 Å². The van der Waals surface area contributed by atoms with Gasteiger partial charge in [0.15, 0.2) is 5.01 Å². The Kier molecular flexibility index (Phi) is 5.39. The van der Waals surface area contributed by atoms with Gasteiger partial charge in [-0.15, -0.1) is 23.7 Å². The molecule has 1 saturated heterocycles. The highest BCUT2D eigenvalue weighted by molar-refractivity contribution is 7.11. The lowest BCUT2D eigenvalue weighted by atomic mass is 10.1. The van der Waals surface area contributed by atoms with E-state index in [-0.39, 0.29) is 18.4 Å². The van der Waals surface area contributed by atoms with E-state index >= 15 is 0 Å². The normalized spacial score (nSPS) is 18.7. The van der Waals surface area contributed by atoms with E-state index in [1.54, 1.807) is 0 Å². The first kappa shape index (κ1) is 15.7. The van der Waals surface area contributed by atoms with Crippen molar-refractivity contribution >= 4 is 23.7 Å². The SMILES string of the molecule is Cl.NC1CCN(Cc2cnc(C(F)(F)F)s2)CC1. The van der Waals surface area contributed by atoms with Crippen LogP contribution < -0.4 is 5.73 Å². The van der Waals surface area contributed by atoms with Crippen LogP contribution in [-0.2, 0) is 12.7 Å². The molecule has 18 heavy (non-hydrogen) atoms. The van der Waals surface area contributed by atoms with E-state index in [1.165, 1.54) is 6.20 Å². The molecule has 0 atom stereocenters. The van der Waals surface area contributed by atoms with E-state index in [9.17, 15) is 13.2 Å². The highest BCUT2D eigenvalue weighted by Gasteiger charge is 2.34. The van der Waals surface area contributed by atoms with E-state index in [4.69, 9.17) is 5.73 Å². The number of hydrogen-bond acceptors (Lipinski definition) is 4. The smallest absolute Gasteiger partial charge is 0.328 e. The van der Waals surface area contributed by atoms with E-state index < -0.39 is 11.2 Å². The number of halogens is 4. The Morgan fingerprint density at radius 3 is 2.50 bits per heavy atom. The minimum absolute atomic E-state index is 0. The average Bonchev–Trinajstić information content (AvgIpc) is 2.69. The largest absolute Gasteiger partial charge is 0.443 e. The van der Waals surface area contributed by atoms with E-state index in [0.29, 0.717) is 11.4 Å². The Hall–Kier alpha value is -0.370. The Morgan fingerprint density at radius 2 is 2.00 bits per heavy atom. The molecule has 2 heterocycles. The van der Waals surface area contributed by atoms with Crippen molar-refractivity contribution < 1.29 is 13.2 Å². The standard InChI is InChI=1S/C10H14F3N3S.ClH/c11-10(12,13)9-15-5-8(17-9)6-16-3-1-7(14)2-4-16;/h5,7H,1-4,6,14H2;1H. The summed E-state index contributed by atoms with van der Waals surface area (Å²) < 4.78 is 37.0. The van der Waals surface area contributed by atoms with Crippen molar-refractivity contribution in [2.24, 2.45) is 5.73 Å². The number of alkyl halides is 3. The summed E-state index contributed by atoms with van der Waals surface area (Å²) in [5.74, 6) is 0. The molecule has 1 aromatic rings. The van der Waals surface area contributed by atoms with Crippen molar-refractivity contribution in [3.05, 3.63) is 16.1 Å². The van der Waals surface area contributed by atoms with E-state index in [0.717, 1.165) is 37.3 Å². The fourth-order valence-electron chi connectivity index (χ4n) is 1.84. The molecule has 0 spiro atoms.